The predicted molar refractivity (Wildman–Crippen MR) is 130 cm³/mol. The summed E-state index contributed by atoms with van der Waals surface area (Å²) in [5, 5.41) is 12.8. The van der Waals surface area contributed by atoms with Gasteiger partial charge in [-0.25, -0.2) is 14.8 Å². The highest BCUT2D eigenvalue weighted by Crippen LogP contribution is 2.38. The molecule has 1 saturated heterocycles. The number of esters is 1. The third-order valence-electron chi connectivity index (χ3n) is 5.71. The van der Waals surface area contributed by atoms with Crippen molar-refractivity contribution in [3.63, 3.8) is 0 Å². The Kier molecular flexibility index (Phi) is 6.78. The molecule has 11 heteroatoms. The average molecular weight is 483 g/mol. The summed E-state index contributed by atoms with van der Waals surface area (Å²) in [6.07, 6.45) is 1.30. The van der Waals surface area contributed by atoms with Crippen LogP contribution in [0.5, 0.6) is 0 Å². The summed E-state index contributed by atoms with van der Waals surface area (Å²) in [5.74, 6) is -0.219. The quantitative estimate of drug-likeness (QED) is 0.293. The number of nitrogens with zero attached hydrogens (tertiary/aromatic N) is 6. The largest absolute Gasteiger partial charge is 0.465 e. The zero-order chi connectivity index (χ0) is 24.2. The number of nitro groups is 1. The van der Waals surface area contributed by atoms with Gasteiger partial charge in [0.05, 0.1) is 23.3 Å². The van der Waals surface area contributed by atoms with E-state index in [2.05, 4.69) is 14.9 Å². The molecule has 1 aliphatic rings. The van der Waals surface area contributed by atoms with Crippen molar-refractivity contribution in [2.45, 2.75) is 0 Å². The van der Waals surface area contributed by atoms with Crippen molar-refractivity contribution in [3.8, 4) is 0 Å². The lowest BCUT2D eigenvalue weighted by Gasteiger charge is -2.36. The summed E-state index contributed by atoms with van der Waals surface area (Å²) in [6, 6.07) is 14.3. The number of rotatable bonds is 6. The van der Waals surface area contributed by atoms with E-state index in [-0.39, 0.29) is 22.9 Å². The standard InChI is InChI=1S/C23H23ClN6O4/c1-27(19-9-4-3-8-18(19)23(31)34-2)21-20(30(32)33)22(26-15-25-21)29-12-10-28(11-13-29)17-7-5-6-16(24)14-17/h3-9,14-15H,10-13H2,1-2H3. The second-order valence-corrected chi connectivity index (χ2v) is 8.08. The molecule has 0 unspecified atom stereocenters. The Hall–Kier alpha value is -3.92. The fourth-order valence-electron chi connectivity index (χ4n) is 4.01. The number of aromatic nitrogens is 2. The van der Waals surface area contributed by atoms with Crippen LogP contribution < -0.4 is 14.7 Å². The summed E-state index contributed by atoms with van der Waals surface area (Å²) in [5.41, 5.74) is 1.50. The Labute approximate surface area is 201 Å². The molecule has 0 aliphatic carbocycles. The number of hydrogen-bond donors (Lipinski definition) is 0. The minimum absolute atomic E-state index is 0.0867. The molecule has 10 nitrogen and oxygen atoms in total. The van der Waals surface area contributed by atoms with E-state index >= 15 is 0 Å². The third-order valence-corrected chi connectivity index (χ3v) is 5.94. The van der Waals surface area contributed by atoms with Crippen molar-refractivity contribution in [1.29, 1.82) is 0 Å². The molecule has 0 saturated carbocycles. The van der Waals surface area contributed by atoms with Crippen LogP contribution in [0.1, 0.15) is 10.4 Å². The molecular formula is C23H23ClN6O4. The lowest BCUT2D eigenvalue weighted by Crippen LogP contribution is -2.47. The van der Waals surface area contributed by atoms with Gasteiger partial charge < -0.3 is 19.4 Å². The van der Waals surface area contributed by atoms with Gasteiger partial charge in [-0.3, -0.25) is 10.1 Å². The highest BCUT2D eigenvalue weighted by molar-refractivity contribution is 6.30. The maximum absolute atomic E-state index is 12.2. The van der Waals surface area contributed by atoms with Gasteiger partial charge in [-0.15, -0.1) is 0 Å². The van der Waals surface area contributed by atoms with Crippen LogP contribution in [-0.4, -0.2) is 61.2 Å². The zero-order valence-electron chi connectivity index (χ0n) is 18.7. The van der Waals surface area contributed by atoms with Gasteiger partial charge in [-0.2, -0.15) is 0 Å². The van der Waals surface area contributed by atoms with Gasteiger partial charge in [0.25, 0.3) is 0 Å². The van der Waals surface area contributed by atoms with Gasteiger partial charge in [0, 0.05) is 43.9 Å². The predicted octanol–water partition coefficient (Wildman–Crippen LogP) is 3.92. The average Bonchev–Trinajstić information content (AvgIpc) is 2.87. The second kappa shape index (κ2) is 9.92. The van der Waals surface area contributed by atoms with Gasteiger partial charge in [-0.05, 0) is 30.3 Å². The number of ether oxygens (including phenoxy) is 1. The number of piperazine rings is 1. The molecule has 34 heavy (non-hydrogen) atoms. The van der Waals surface area contributed by atoms with E-state index in [1.54, 1.807) is 31.3 Å². The summed E-state index contributed by atoms with van der Waals surface area (Å²) < 4.78 is 4.86. The lowest BCUT2D eigenvalue weighted by atomic mass is 10.1. The number of hydrogen-bond acceptors (Lipinski definition) is 9. The first-order valence-electron chi connectivity index (χ1n) is 10.6. The Bertz CT molecular complexity index is 1220. The van der Waals surface area contributed by atoms with Crippen LogP contribution in [0.2, 0.25) is 5.02 Å². The van der Waals surface area contributed by atoms with Gasteiger partial charge >= 0.3 is 11.7 Å². The molecule has 1 aromatic heterocycles. The van der Waals surface area contributed by atoms with Crippen LogP contribution in [0.15, 0.2) is 54.9 Å². The number of carbonyl (C=O) groups excluding carboxylic acids is 1. The van der Waals surface area contributed by atoms with E-state index in [0.717, 1.165) is 5.69 Å². The maximum Gasteiger partial charge on any atom is 0.353 e. The van der Waals surface area contributed by atoms with Crippen LogP contribution >= 0.6 is 11.6 Å². The molecule has 2 heterocycles. The van der Waals surface area contributed by atoms with E-state index < -0.39 is 10.9 Å². The fourth-order valence-corrected chi connectivity index (χ4v) is 4.20. The van der Waals surface area contributed by atoms with Crippen LogP contribution in [0.3, 0.4) is 0 Å². The molecule has 0 atom stereocenters. The van der Waals surface area contributed by atoms with Gasteiger partial charge in [0.15, 0.2) is 0 Å². The monoisotopic (exact) mass is 482 g/mol. The smallest absolute Gasteiger partial charge is 0.353 e. The summed E-state index contributed by atoms with van der Waals surface area (Å²) in [4.78, 5) is 38.0. The molecule has 0 amide bonds. The minimum atomic E-state index is -0.545. The summed E-state index contributed by atoms with van der Waals surface area (Å²) in [7, 11) is 2.91. The Balaban J connectivity index is 1.64. The van der Waals surface area contributed by atoms with Crippen LogP contribution in [0, 0.1) is 10.1 Å². The van der Waals surface area contributed by atoms with Crippen molar-refractivity contribution in [3.05, 3.63) is 75.6 Å². The molecule has 1 aliphatic heterocycles. The van der Waals surface area contributed by atoms with Crippen molar-refractivity contribution >= 4 is 46.3 Å². The number of halogens is 1. The van der Waals surface area contributed by atoms with Crippen molar-refractivity contribution in [2.75, 3.05) is 55.0 Å². The molecule has 0 bridgehead atoms. The van der Waals surface area contributed by atoms with E-state index in [0.29, 0.717) is 36.9 Å². The van der Waals surface area contributed by atoms with E-state index in [9.17, 15) is 14.9 Å². The molecule has 4 rings (SSSR count). The first-order valence-corrected chi connectivity index (χ1v) is 10.9. The first kappa shape index (κ1) is 23.2. The number of carbonyl (C=O) groups is 1. The number of methoxy groups -OCH3 is 1. The Morgan fingerprint density at radius 1 is 1.09 bits per heavy atom. The van der Waals surface area contributed by atoms with Crippen molar-refractivity contribution in [1.82, 2.24) is 9.97 Å². The lowest BCUT2D eigenvalue weighted by molar-refractivity contribution is -0.383. The highest BCUT2D eigenvalue weighted by Gasteiger charge is 2.32. The number of anilines is 4. The first-order chi connectivity index (χ1) is 16.4. The highest BCUT2D eigenvalue weighted by atomic mass is 35.5. The fraction of sp³-hybridized carbons (Fsp3) is 0.261. The molecule has 2 aromatic carbocycles. The normalized spacial score (nSPS) is 13.5. The summed E-state index contributed by atoms with van der Waals surface area (Å²) >= 11 is 6.12. The van der Waals surface area contributed by atoms with E-state index in [1.165, 1.54) is 18.3 Å². The van der Waals surface area contributed by atoms with Crippen LogP contribution in [-0.2, 0) is 4.74 Å². The third kappa shape index (κ3) is 4.58. The second-order valence-electron chi connectivity index (χ2n) is 7.65. The maximum atomic E-state index is 12.2. The van der Waals surface area contributed by atoms with Gasteiger partial charge in [-0.1, -0.05) is 29.8 Å². The van der Waals surface area contributed by atoms with Crippen LogP contribution in [0.25, 0.3) is 0 Å². The Morgan fingerprint density at radius 3 is 2.47 bits per heavy atom. The van der Waals surface area contributed by atoms with E-state index in [4.69, 9.17) is 16.3 Å². The molecule has 176 valence electrons. The van der Waals surface area contributed by atoms with Crippen molar-refractivity contribution < 1.29 is 14.5 Å². The molecular weight excluding hydrogens is 460 g/mol. The summed E-state index contributed by atoms with van der Waals surface area (Å²) in [6.45, 7) is 2.37. The van der Waals surface area contributed by atoms with E-state index in [1.807, 2.05) is 29.2 Å². The van der Waals surface area contributed by atoms with Crippen molar-refractivity contribution in [2.24, 2.45) is 0 Å². The molecule has 0 N–H and O–H groups in total. The van der Waals surface area contributed by atoms with Gasteiger partial charge in [0.1, 0.15) is 6.33 Å². The SMILES string of the molecule is COC(=O)c1ccccc1N(C)c1ncnc(N2CCN(c3cccc(Cl)c3)CC2)c1[N+](=O)[O-]. The van der Waals surface area contributed by atoms with Crippen LogP contribution in [0.4, 0.5) is 28.7 Å². The number of para-hydroxylation sites is 1. The Morgan fingerprint density at radius 2 is 1.79 bits per heavy atom. The molecule has 3 aromatic rings. The zero-order valence-corrected chi connectivity index (χ0v) is 19.5. The molecule has 0 radical (unpaired) electrons. The van der Waals surface area contributed by atoms with Gasteiger partial charge in [0.2, 0.25) is 11.6 Å². The minimum Gasteiger partial charge on any atom is -0.465 e. The molecule has 1 fully saturated rings. The topological polar surface area (TPSA) is 105 Å². The molecule has 0 spiro atoms. The number of benzene rings is 2.